The SMILES string of the molecule is CCCNCc1oc(COc2ccccc2Cl)cc1C. The smallest absolute Gasteiger partial charge is 0.146 e. The van der Waals surface area contributed by atoms with E-state index >= 15 is 0 Å². The van der Waals surface area contributed by atoms with E-state index in [1.165, 1.54) is 0 Å². The third-order valence-electron chi connectivity index (χ3n) is 2.99. The highest BCUT2D eigenvalue weighted by Gasteiger charge is 2.08. The van der Waals surface area contributed by atoms with E-state index in [1.54, 1.807) is 0 Å². The Kier molecular flexibility index (Phi) is 5.50. The number of benzene rings is 1. The lowest BCUT2D eigenvalue weighted by Gasteiger charge is -2.05. The summed E-state index contributed by atoms with van der Waals surface area (Å²) in [5, 5.41) is 3.94. The number of hydrogen-bond donors (Lipinski definition) is 1. The molecular weight excluding hydrogens is 274 g/mol. The molecule has 0 saturated heterocycles. The molecule has 1 aromatic carbocycles. The van der Waals surface area contributed by atoms with Gasteiger partial charge in [0.15, 0.2) is 0 Å². The standard InChI is InChI=1S/C16H20ClNO2/c1-3-8-18-10-16-12(2)9-13(20-16)11-19-15-7-5-4-6-14(15)17/h4-7,9,18H,3,8,10-11H2,1-2H3. The second-order valence-corrected chi connectivity index (χ2v) is 5.12. The van der Waals surface area contributed by atoms with Gasteiger partial charge in [-0.15, -0.1) is 0 Å². The van der Waals surface area contributed by atoms with Crippen LogP contribution >= 0.6 is 11.6 Å². The number of halogens is 1. The van der Waals surface area contributed by atoms with Gasteiger partial charge in [0.25, 0.3) is 0 Å². The molecule has 20 heavy (non-hydrogen) atoms. The Bertz CT molecular complexity index is 551. The molecule has 0 atom stereocenters. The molecule has 0 fully saturated rings. The molecule has 0 aliphatic carbocycles. The highest BCUT2D eigenvalue weighted by Crippen LogP contribution is 2.25. The molecule has 4 heteroatoms. The first-order valence-corrected chi connectivity index (χ1v) is 7.24. The van der Waals surface area contributed by atoms with E-state index in [0.29, 0.717) is 17.4 Å². The van der Waals surface area contributed by atoms with Crippen LogP contribution in [0.15, 0.2) is 34.7 Å². The lowest BCUT2D eigenvalue weighted by molar-refractivity contribution is 0.265. The van der Waals surface area contributed by atoms with E-state index in [2.05, 4.69) is 12.2 Å². The predicted octanol–water partition coefficient (Wildman–Crippen LogP) is 4.32. The maximum atomic E-state index is 6.05. The zero-order valence-corrected chi connectivity index (χ0v) is 12.7. The lowest BCUT2D eigenvalue weighted by Crippen LogP contribution is -2.13. The van der Waals surface area contributed by atoms with Crippen molar-refractivity contribution in [3.05, 3.63) is 52.4 Å². The summed E-state index contributed by atoms with van der Waals surface area (Å²) in [7, 11) is 0. The topological polar surface area (TPSA) is 34.4 Å². The first kappa shape index (κ1) is 14.9. The van der Waals surface area contributed by atoms with Crippen molar-refractivity contribution < 1.29 is 9.15 Å². The largest absolute Gasteiger partial charge is 0.484 e. The van der Waals surface area contributed by atoms with E-state index in [9.17, 15) is 0 Å². The Labute approximate surface area is 124 Å². The normalized spacial score (nSPS) is 10.8. The second kappa shape index (κ2) is 7.36. The van der Waals surface area contributed by atoms with E-state index in [4.69, 9.17) is 20.8 Å². The summed E-state index contributed by atoms with van der Waals surface area (Å²) in [5.41, 5.74) is 1.14. The van der Waals surface area contributed by atoms with Crippen molar-refractivity contribution >= 4 is 11.6 Å². The van der Waals surface area contributed by atoms with Gasteiger partial charge >= 0.3 is 0 Å². The van der Waals surface area contributed by atoms with Crippen LogP contribution in [-0.4, -0.2) is 6.54 Å². The molecule has 0 saturated carbocycles. The highest BCUT2D eigenvalue weighted by molar-refractivity contribution is 6.32. The van der Waals surface area contributed by atoms with Crippen molar-refractivity contribution in [3.63, 3.8) is 0 Å². The minimum atomic E-state index is 0.387. The minimum absolute atomic E-state index is 0.387. The van der Waals surface area contributed by atoms with Crippen LogP contribution in [-0.2, 0) is 13.2 Å². The summed E-state index contributed by atoms with van der Waals surface area (Å²) in [6.07, 6.45) is 1.11. The Morgan fingerprint density at radius 2 is 2.10 bits per heavy atom. The maximum absolute atomic E-state index is 6.05. The third-order valence-corrected chi connectivity index (χ3v) is 3.30. The van der Waals surface area contributed by atoms with Crippen molar-refractivity contribution in [3.8, 4) is 5.75 Å². The lowest BCUT2D eigenvalue weighted by atomic mass is 10.2. The first-order chi connectivity index (χ1) is 9.70. The Balaban J connectivity index is 1.93. The van der Waals surface area contributed by atoms with E-state index in [1.807, 2.05) is 37.3 Å². The third kappa shape index (κ3) is 4.02. The zero-order valence-electron chi connectivity index (χ0n) is 11.9. The van der Waals surface area contributed by atoms with Gasteiger partial charge < -0.3 is 14.5 Å². The number of rotatable bonds is 7. The fourth-order valence-electron chi connectivity index (χ4n) is 1.93. The number of furan rings is 1. The van der Waals surface area contributed by atoms with Crippen LogP contribution in [0.5, 0.6) is 5.75 Å². The summed E-state index contributed by atoms with van der Waals surface area (Å²) in [6, 6.07) is 9.45. The second-order valence-electron chi connectivity index (χ2n) is 4.71. The average molecular weight is 294 g/mol. The summed E-state index contributed by atoms with van der Waals surface area (Å²) < 4.78 is 11.5. The quantitative estimate of drug-likeness (QED) is 0.772. The van der Waals surface area contributed by atoms with E-state index < -0.39 is 0 Å². The van der Waals surface area contributed by atoms with Gasteiger partial charge in [0, 0.05) is 0 Å². The Hall–Kier alpha value is -1.45. The van der Waals surface area contributed by atoms with Crippen molar-refractivity contribution in [2.24, 2.45) is 0 Å². The average Bonchev–Trinajstić information content (AvgIpc) is 2.79. The van der Waals surface area contributed by atoms with Crippen LogP contribution in [0.2, 0.25) is 5.02 Å². The van der Waals surface area contributed by atoms with Crippen LogP contribution in [0.4, 0.5) is 0 Å². The van der Waals surface area contributed by atoms with Crippen molar-refractivity contribution in [2.45, 2.75) is 33.4 Å². The monoisotopic (exact) mass is 293 g/mol. The first-order valence-electron chi connectivity index (χ1n) is 6.87. The Morgan fingerprint density at radius 1 is 1.30 bits per heavy atom. The minimum Gasteiger partial charge on any atom is -0.484 e. The zero-order chi connectivity index (χ0) is 14.4. The summed E-state index contributed by atoms with van der Waals surface area (Å²) in [4.78, 5) is 0. The molecule has 0 radical (unpaired) electrons. The maximum Gasteiger partial charge on any atom is 0.146 e. The van der Waals surface area contributed by atoms with Gasteiger partial charge in [0.2, 0.25) is 0 Å². The van der Waals surface area contributed by atoms with Crippen molar-refractivity contribution in [1.82, 2.24) is 5.32 Å². The predicted molar refractivity (Wildman–Crippen MR) is 81.2 cm³/mol. The Morgan fingerprint density at radius 3 is 2.85 bits per heavy atom. The number of hydrogen-bond acceptors (Lipinski definition) is 3. The molecule has 0 unspecified atom stereocenters. The molecule has 0 bridgehead atoms. The van der Waals surface area contributed by atoms with Crippen molar-refractivity contribution in [2.75, 3.05) is 6.54 Å². The molecule has 1 heterocycles. The van der Waals surface area contributed by atoms with Crippen LogP contribution < -0.4 is 10.1 Å². The van der Waals surface area contributed by atoms with Crippen LogP contribution in [0, 0.1) is 6.92 Å². The van der Waals surface area contributed by atoms with E-state index in [0.717, 1.165) is 36.6 Å². The molecule has 2 rings (SSSR count). The van der Waals surface area contributed by atoms with Gasteiger partial charge in [-0.2, -0.15) is 0 Å². The van der Waals surface area contributed by atoms with Gasteiger partial charge in [-0.1, -0.05) is 30.7 Å². The van der Waals surface area contributed by atoms with Crippen LogP contribution in [0.3, 0.4) is 0 Å². The molecule has 1 aromatic heterocycles. The number of aryl methyl sites for hydroxylation is 1. The van der Waals surface area contributed by atoms with Gasteiger partial charge in [0.1, 0.15) is 23.9 Å². The van der Waals surface area contributed by atoms with Gasteiger partial charge in [-0.3, -0.25) is 0 Å². The molecule has 0 aliphatic rings. The molecule has 0 amide bonds. The molecule has 1 N–H and O–H groups in total. The summed E-state index contributed by atoms with van der Waals surface area (Å²) in [6.45, 7) is 6.33. The fraction of sp³-hybridized carbons (Fsp3) is 0.375. The highest BCUT2D eigenvalue weighted by atomic mass is 35.5. The van der Waals surface area contributed by atoms with Crippen LogP contribution in [0.25, 0.3) is 0 Å². The van der Waals surface area contributed by atoms with Gasteiger partial charge in [0.05, 0.1) is 11.6 Å². The molecule has 108 valence electrons. The summed E-state index contributed by atoms with van der Waals surface area (Å²) >= 11 is 6.05. The van der Waals surface area contributed by atoms with E-state index in [-0.39, 0.29) is 0 Å². The van der Waals surface area contributed by atoms with Gasteiger partial charge in [-0.25, -0.2) is 0 Å². The summed E-state index contributed by atoms with van der Waals surface area (Å²) in [5.74, 6) is 2.46. The molecule has 2 aromatic rings. The molecule has 3 nitrogen and oxygen atoms in total. The molecular formula is C16H20ClNO2. The van der Waals surface area contributed by atoms with Gasteiger partial charge in [-0.05, 0) is 43.7 Å². The van der Waals surface area contributed by atoms with Crippen molar-refractivity contribution in [1.29, 1.82) is 0 Å². The number of nitrogens with one attached hydrogen (secondary N) is 1. The van der Waals surface area contributed by atoms with Crippen LogP contribution in [0.1, 0.15) is 30.4 Å². The fourth-order valence-corrected chi connectivity index (χ4v) is 2.12. The molecule has 0 spiro atoms. The number of ether oxygens (including phenoxy) is 1. The number of para-hydroxylation sites is 1. The molecule has 0 aliphatic heterocycles.